The van der Waals surface area contributed by atoms with Crippen LogP contribution in [0, 0.1) is 11.8 Å². The molecule has 2 aliphatic carbocycles. The summed E-state index contributed by atoms with van der Waals surface area (Å²) in [5, 5.41) is 3.31. The van der Waals surface area contributed by atoms with Gasteiger partial charge < -0.3 is 15.8 Å². The molecule has 2 aliphatic rings. The summed E-state index contributed by atoms with van der Waals surface area (Å²) >= 11 is 0. The smallest absolute Gasteiger partial charge is 0.220 e. The number of nitrogens with two attached hydrogens (primary N) is 1. The van der Waals surface area contributed by atoms with Gasteiger partial charge in [-0.3, -0.25) is 4.79 Å². The molecule has 1 aromatic rings. The van der Waals surface area contributed by atoms with Crippen molar-refractivity contribution in [2.24, 2.45) is 17.6 Å². The van der Waals surface area contributed by atoms with Crippen LogP contribution in [0.1, 0.15) is 44.1 Å². The summed E-state index contributed by atoms with van der Waals surface area (Å²) in [5.74, 6) is 2.18. The average molecular weight is 353 g/mol. The van der Waals surface area contributed by atoms with Gasteiger partial charge in [0.1, 0.15) is 5.75 Å². The lowest BCUT2D eigenvalue weighted by atomic mass is 9.67. The van der Waals surface area contributed by atoms with E-state index in [-0.39, 0.29) is 18.3 Å². The average Bonchev–Trinajstić information content (AvgIpc) is 2.54. The molecule has 0 heterocycles. The third kappa shape index (κ3) is 4.42. The van der Waals surface area contributed by atoms with E-state index in [0.29, 0.717) is 30.3 Å². The zero-order chi connectivity index (χ0) is 16.2. The molecule has 1 amide bonds. The first-order chi connectivity index (χ1) is 11.2. The van der Waals surface area contributed by atoms with Crippen molar-refractivity contribution in [3.8, 4) is 5.75 Å². The third-order valence-electron chi connectivity index (χ3n) is 5.52. The molecule has 0 aromatic heterocycles. The van der Waals surface area contributed by atoms with Crippen LogP contribution in [-0.2, 0) is 11.2 Å². The molecule has 24 heavy (non-hydrogen) atoms. The molecule has 3 rings (SSSR count). The van der Waals surface area contributed by atoms with Crippen molar-refractivity contribution in [2.45, 2.75) is 57.0 Å². The Hall–Kier alpha value is -1.26. The predicted octanol–water partition coefficient (Wildman–Crippen LogP) is 3.07. The van der Waals surface area contributed by atoms with E-state index < -0.39 is 0 Å². The van der Waals surface area contributed by atoms with E-state index in [1.54, 1.807) is 7.11 Å². The van der Waals surface area contributed by atoms with Crippen molar-refractivity contribution in [3.05, 3.63) is 29.8 Å². The fraction of sp³-hybridized carbons (Fsp3) is 0.632. The Morgan fingerprint density at radius 1 is 1.25 bits per heavy atom. The number of ether oxygens (including phenoxy) is 1. The van der Waals surface area contributed by atoms with E-state index >= 15 is 0 Å². The molecule has 0 spiro atoms. The van der Waals surface area contributed by atoms with Gasteiger partial charge in [0.2, 0.25) is 5.91 Å². The Morgan fingerprint density at radius 3 is 2.58 bits per heavy atom. The van der Waals surface area contributed by atoms with Crippen LogP contribution in [0.25, 0.3) is 0 Å². The number of fused-ring (bicyclic) bond motifs is 2. The molecular formula is C19H29ClN2O2. The van der Waals surface area contributed by atoms with Crippen LogP contribution in [0.4, 0.5) is 0 Å². The Balaban J connectivity index is 0.00000208. The van der Waals surface area contributed by atoms with Gasteiger partial charge in [-0.15, -0.1) is 12.4 Å². The largest absolute Gasteiger partial charge is 0.496 e. The number of carbonyl (C=O) groups is 1. The maximum atomic E-state index is 12.4. The highest BCUT2D eigenvalue weighted by molar-refractivity contribution is 5.85. The molecule has 0 radical (unpaired) electrons. The van der Waals surface area contributed by atoms with Crippen LogP contribution in [0.3, 0.4) is 0 Å². The van der Waals surface area contributed by atoms with Crippen molar-refractivity contribution in [3.63, 3.8) is 0 Å². The number of aryl methyl sites for hydroxylation is 1. The predicted molar refractivity (Wildman–Crippen MR) is 98.5 cm³/mol. The summed E-state index contributed by atoms with van der Waals surface area (Å²) in [7, 11) is 1.67. The molecule has 0 aliphatic heterocycles. The molecule has 5 heteroatoms. The third-order valence-corrected chi connectivity index (χ3v) is 5.52. The first-order valence-electron chi connectivity index (χ1n) is 8.84. The lowest BCUT2D eigenvalue weighted by Crippen LogP contribution is -2.53. The molecule has 0 saturated heterocycles. The summed E-state index contributed by atoms with van der Waals surface area (Å²) in [4.78, 5) is 12.4. The fourth-order valence-corrected chi connectivity index (χ4v) is 4.44. The van der Waals surface area contributed by atoms with Crippen LogP contribution in [0.15, 0.2) is 24.3 Å². The van der Waals surface area contributed by atoms with E-state index in [9.17, 15) is 4.79 Å². The van der Waals surface area contributed by atoms with Crippen molar-refractivity contribution in [2.75, 3.05) is 7.11 Å². The van der Waals surface area contributed by atoms with Crippen molar-refractivity contribution in [1.29, 1.82) is 0 Å². The van der Waals surface area contributed by atoms with Crippen LogP contribution >= 0.6 is 12.4 Å². The maximum Gasteiger partial charge on any atom is 0.220 e. The highest BCUT2D eigenvalue weighted by atomic mass is 35.5. The molecule has 2 bridgehead atoms. The summed E-state index contributed by atoms with van der Waals surface area (Å²) in [6, 6.07) is 8.58. The number of hydrogen-bond acceptors (Lipinski definition) is 3. The van der Waals surface area contributed by atoms with E-state index in [1.165, 1.54) is 19.3 Å². The number of nitrogens with one attached hydrogen (secondary N) is 1. The van der Waals surface area contributed by atoms with E-state index in [2.05, 4.69) is 5.32 Å². The van der Waals surface area contributed by atoms with E-state index in [0.717, 1.165) is 30.6 Å². The van der Waals surface area contributed by atoms with Gasteiger partial charge in [0, 0.05) is 18.5 Å². The summed E-state index contributed by atoms with van der Waals surface area (Å²) in [6.45, 7) is 0. The van der Waals surface area contributed by atoms with Crippen molar-refractivity contribution < 1.29 is 9.53 Å². The van der Waals surface area contributed by atoms with Crippen molar-refractivity contribution >= 4 is 18.3 Å². The highest BCUT2D eigenvalue weighted by Gasteiger charge is 2.39. The number of hydrogen-bond donors (Lipinski definition) is 2. The lowest BCUT2D eigenvalue weighted by Gasteiger charge is -2.45. The number of amides is 1. The number of halogens is 1. The minimum absolute atomic E-state index is 0. The fourth-order valence-electron chi connectivity index (χ4n) is 4.44. The first-order valence-corrected chi connectivity index (χ1v) is 8.84. The second-order valence-corrected chi connectivity index (χ2v) is 7.09. The van der Waals surface area contributed by atoms with Crippen LogP contribution in [0.2, 0.25) is 0 Å². The Morgan fingerprint density at radius 2 is 1.92 bits per heavy atom. The SMILES string of the molecule is COc1ccccc1CCC(=O)NC1C2CCCC1CC(N)C2.Cl. The number of para-hydroxylation sites is 1. The van der Waals surface area contributed by atoms with Crippen molar-refractivity contribution in [1.82, 2.24) is 5.32 Å². The number of carbonyl (C=O) groups excluding carboxylic acids is 1. The second-order valence-electron chi connectivity index (χ2n) is 7.09. The molecule has 2 saturated carbocycles. The summed E-state index contributed by atoms with van der Waals surface area (Å²) < 4.78 is 5.35. The molecule has 3 N–H and O–H groups in total. The topological polar surface area (TPSA) is 64.3 Å². The van der Waals surface area contributed by atoms with Gasteiger partial charge in [-0.05, 0) is 55.6 Å². The van der Waals surface area contributed by atoms with Gasteiger partial charge in [-0.25, -0.2) is 0 Å². The second kappa shape index (κ2) is 8.72. The highest BCUT2D eigenvalue weighted by Crippen LogP contribution is 2.39. The van der Waals surface area contributed by atoms with Crippen LogP contribution in [-0.4, -0.2) is 25.1 Å². The lowest BCUT2D eigenvalue weighted by molar-refractivity contribution is -0.123. The Kier molecular flexibility index (Phi) is 6.93. The quantitative estimate of drug-likeness (QED) is 0.855. The van der Waals surface area contributed by atoms with Gasteiger partial charge in [0.05, 0.1) is 7.11 Å². The first kappa shape index (κ1) is 19.1. The van der Waals surface area contributed by atoms with E-state index in [1.807, 2.05) is 24.3 Å². The van der Waals surface area contributed by atoms with Gasteiger partial charge in [-0.1, -0.05) is 24.6 Å². The molecule has 4 nitrogen and oxygen atoms in total. The molecular weight excluding hydrogens is 324 g/mol. The van der Waals surface area contributed by atoms with E-state index in [4.69, 9.17) is 10.5 Å². The monoisotopic (exact) mass is 352 g/mol. The normalized spacial score (nSPS) is 28.6. The Labute approximate surface area is 150 Å². The molecule has 2 unspecified atom stereocenters. The van der Waals surface area contributed by atoms with Gasteiger partial charge >= 0.3 is 0 Å². The Bertz CT molecular complexity index is 538. The minimum atomic E-state index is 0. The number of rotatable bonds is 5. The number of benzene rings is 1. The van der Waals surface area contributed by atoms with Gasteiger partial charge in [0.15, 0.2) is 0 Å². The summed E-state index contributed by atoms with van der Waals surface area (Å²) in [6.07, 6.45) is 7.07. The van der Waals surface area contributed by atoms with Gasteiger partial charge in [0.25, 0.3) is 0 Å². The maximum absolute atomic E-state index is 12.4. The summed E-state index contributed by atoms with van der Waals surface area (Å²) in [5.41, 5.74) is 7.25. The zero-order valence-corrected chi connectivity index (χ0v) is 15.2. The molecule has 134 valence electrons. The molecule has 2 fully saturated rings. The standard InChI is InChI=1S/C19H28N2O2.ClH/c1-23-17-8-3-2-5-13(17)9-10-18(22)21-19-14-6-4-7-15(19)12-16(20)11-14;/h2-3,5,8,14-16,19H,4,6-7,9-12,20H2,1H3,(H,21,22);1H. The van der Waals surface area contributed by atoms with Crippen LogP contribution < -0.4 is 15.8 Å². The zero-order valence-electron chi connectivity index (χ0n) is 14.4. The number of methoxy groups -OCH3 is 1. The van der Waals surface area contributed by atoms with Gasteiger partial charge in [-0.2, -0.15) is 0 Å². The molecule has 1 aromatic carbocycles. The minimum Gasteiger partial charge on any atom is -0.496 e. The molecule has 2 atom stereocenters. The van der Waals surface area contributed by atoms with Crippen LogP contribution in [0.5, 0.6) is 5.75 Å².